The average Bonchev–Trinajstić information content (AvgIpc) is 2.71. The van der Waals surface area contributed by atoms with Crippen LogP contribution in [0.2, 0.25) is 0 Å². The highest BCUT2D eigenvalue weighted by molar-refractivity contribution is 8.38. The summed E-state index contributed by atoms with van der Waals surface area (Å²) in [6.45, 7) is -0.0148. The zero-order valence-electron chi connectivity index (χ0n) is 15.7. The van der Waals surface area contributed by atoms with Gasteiger partial charge < -0.3 is 15.0 Å². The molecule has 2 amide bonds. The maximum absolute atomic E-state index is 12.4. The Labute approximate surface area is 172 Å². The Bertz CT molecular complexity index is 902. The Hall–Kier alpha value is -2.45. The van der Waals surface area contributed by atoms with Gasteiger partial charge >= 0.3 is 0 Å². The van der Waals surface area contributed by atoms with Crippen LogP contribution in [0.1, 0.15) is 5.56 Å². The number of ether oxygens (including phenoxy) is 1. The molecular formula is C20H21N3O3S2. The van der Waals surface area contributed by atoms with Gasteiger partial charge in [-0.3, -0.25) is 9.59 Å². The van der Waals surface area contributed by atoms with E-state index in [9.17, 15) is 9.59 Å². The summed E-state index contributed by atoms with van der Waals surface area (Å²) in [6.07, 6.45) is 0. The van der Waals surface area contributed by atoms with Gasteiger partial charge in [-0.1, -0.05) is 47.8 Å². The van der Waals surface area contributed by atoms with E-state index in [0.29, 0.717) is 11.4 Å². The molecule has 0 fully saturated rings. The van der Waals surface area contributed by atoms with Crippen molar-refractivity contribution in [3.8, 4) is 5.75 Å². The van der Waals surface area contributed by atoms with Gasteiger partial charge in [0, 0.05) is 24.6 Å². The van der Waals surface area contributed by atoms with Gasteiger partial charge in [0.25, 0.3) is 0 Å². The lowest BCUT2D eigenvalue weighted by Crippen LogP contribution is -2.36. The van der Waals surface area contributed by atoms with E-state index in [1.165, 1.54) is 22.2 Å². The number of hydrogen-bond acceptors (Lipinski definition) is 6. The highest BCUT2D eigenvalue weighted by Gasteiger charge is 2.17. The monoisotopic (exact) mass is 415 g/mol. The first kappa shape index (κ1) is 20.3. The third kappa shape index (κ3) is 5.53. The molecule has 2 aromatic rings. The summed E-state index contributed by atoms with van der Waals surface area (Å²) < 4.78 is 6.01. The van der Waals surface area contributed by atoms with Crippen molar-refractivity contribution in [2.75, 3.05) is 31.8 Å². The van der Waals surface area contributed by atoms with E-state index in [2.05, 4.69) is 16.4 Å². The summed E-state index contributed by atoms with van der Waals surface area (Å²) in [4.78, 5) is 30.6. The van der Waals surface area contributed by atoms with E-state index < -0.39 is 0 Å². The van der Waals surface area contributed by atoms with Crippen LogP contribution in [0.4, 0.5) is 11.4 Å². The summed E-state index contributed by atoms with van der Waals surface area (Å²) >= 11 is 3.04. The summed E-state index contributed by atoms with van der Waals surface area (Å²) in [5.74, 6) is 1.39. The van der Waals surface area contributed by atoms with E-state index in [-0.39, 0.29) is 24.1 Å². The van der Waals surface area contributed by atoms with E-state index in [0.717, 1.165) is 15.8 Å². The summed E-state index contributed by atoms with van der Waals surface area (Å²) in [6, 6.07) is 15.1. The molecule has 0 spiro atoms. The van der Waals surface area contributed by atoms with Crippen LogP contribution < -0.4 is 10.1 Å². The maximum Gasteiger partial charge on any atom is 0.243 e. The Morgan fingerprint density at radius 3 is 2.89 bits per heavy atom. The number of carbonyl (C=O) groups is 2. The van der Waals surface area contributed by atoms with Gasteiger partial charge in [-0.05, 0) is 23.8 Å². The standard InChI is InChI=1S/C20H21N3O3S2/c1-23(11-18(24)21-15-7-5-8-16(10-15)26-2)19(25)13-28-20-22-17-9-4-3-6-14(17)12-27-20/h3-10H,11-13H2,1-2H3,(H,21,24). The predicted molar refractivity (Wildman–Crippen MR) is 117 cm³/mol. The molecule has 0 aromatic heterocycles. The van der Waals surface area contributed by atoms with Crippen LogP contribution in [-0.2, 0) is 15.3 Å². The molecule has 0 saturated heterocycles. The van der Waals surface area contributed by atoms with Crippen molar-refractivity contribution in [2.24, 2.45) is 4.99 Å². The Morgan fingerprint density at radius 1 is 1.25 bits per heavy atom. The number of nitrogens with one attached hydrogen (secondary N) is 1. The summed E-state index contributed by atoms with van der Waals surface area (Å²) in [5, 5.41) is 2.77. The van der Waals surface area contributed by atoms with Crippen molar-refractivity contribution >= 4 is 51.1 Å². The lowest BCUT2D eigenvalue weighted by molar-refractivity contribution is -0.131. The lowest BCUT2D eigenvalue weighted by Gasteiger charge is -2.18. The largest absolute Gasteiger partial charge is 0.497 e. The minimum Gasteiger partial charge on any atom is -0.497 e. The van der Waals surface area contributed by atoms with Crippen LogP contribution in [0.15, 0.2) is 53.5 Å². The predicted octanol–water partition coefficient (Wildman–Crippen LogP) is 3.76. The van der Waals surface area contributed by atoms with Gasteiger partial charge in [-0.15, -0.1) is 0 Å². The van der Waals surface area contributed by atoms with E-state index in [1.54, 1.807) is 50.2 Å². The smallest absolute Gasteiger partial charge is 0.243 e. The molecule has 0 radical (unpaired) electrons. The van der Waals surface area contributed by atoms with Gasteiger partial charge in [0.05, 0.1) is 25.1 Å². The minimum atomic E-state index is -0.257. The molecule has 0 atom stereocenters. The first-order valence-electron chi connectivity index (χ1n) is 8.65. The summed E-state index contributed by atoms with van der Waals surface area (Å²) in [5.41, 5.74) is 2.79. The van der Waals surface area contributed by atoms with Crippen molar-refractivity contribution in [2.45, 2.75) is 5.75 Å². The van der Waals surface area contributed by atoms with E-state index in [1.807, 2.05) is 18.2 Å². The molecule has 0 bridgehead atoms. The molecule has 6 nitrogen and oxygen atoms in total. The molecule has 0 saturated carbocycles. The van der Waals surface area contributed by atoms with E-state index in [4.69, 9.17) is 4.74 Å². The Kier molecular flexibility index (Phi) is 7.00. The number of nitrogens with zero attached hydrogens (tertiary/aromatic N) is 2. The maximum atomic E-state index is 12.4. The number of methoxy groups -OCH3 is 1. The molecule has 0 unspecified atom stereocenters. The SMILES string of the molecule is COc1cccc(NC(=O)CN(C)C(=O)CSC2=Nc3ccccc3CS2)c1. The van der Waals surface area contributed by atoms with Crippen molar-refractivity contribution in [3.05, 3.63) is 54.1 Å². The van der Waals surface area contributed by atoms with Crippen molar-refractivity contribution < 1.29 is 14.3 Å². The Balaban J connectivity index is 1.48. The number of carbonyl (C=O) groups excluding carboxylic acids is 2. The number of thioether (sulfide) groups is 2. The zero-order chi connectivity index (χ0) is 19.9. The van der Waals surface area contributed by atoms with Gasteiger partial charge in [0.1, 0.15) is 10.1 Å². The molecule has 146 valence electrons. The van der Waals surface area contributed by atoms with Crippen LogP contribution in [-0.4, -0.2) is 47.5 Å². The zero-order valence-corrected chi connectivity index (χ0v) is 17.3. The van der Waals surface area contributed by atoms with Crippen LogP contribution >= 0.6 is 23.5 Å². The fourth-order valence-electron chi connectivity index (χ4n) is 2.52. The number of amides is 2. The van der Waals surface area contributed by atoms with Gasteiger partial charge in [-0.2, -0.15) is 0 Å². The molecule has 1 aliphatic heterocycles. The molecule has 28 heavy (non-hydrogen) atoms. The van der Waals surface area contributed by atoms with Crippen LogP contribution in [0, 0.1) is 0 Å². The molecule has 1 aliphatic rings. The molecule has 3 rings (SSSR count). The first-order chi connectivity index (χ1) is 13.5. The molecule has 1 N–H and O–H groups in total. The van der Waals surface area contributed by atoms with Crippen LogP contribution in [0.25, 0.3) is 0 Å². The Morgan fingerprint density at radius 2 is 2.07 bits per heavy atom. The highest BCUT2D eigenvalue weighted by atomic mass is 32.2. The van der Waals surface area contributed by atoms with Crippen LogP contribution in [0.3, 0.4) is 0 Å². The fraction of sp³-hybridized carbons (Fsp3) is 0.250. The topological polar surface area (TPSA) is 71.0 Å². The second kappa shape index (κ2) is 9.66. The van der Waals surface area contributed by atoms with Gasteiger partial charge in [-0.25, -0.2) is 4.99 Å². The second-order valence-corrected chi connectivity index (χ2v) is 8.30. The molecule has 0 aliphatic carbocycles. The van der Waals surface area contributed by atoms with Gasteiger partial charge in [0.2, 0.25) is 11.8 Å². The number of fused-ring (bicyclic) bond motifs is 1. The number of aliphatic imine (C=N–C) groups is 1. The molecule has 2 aromatic carbocycles. The second-order valence-electron chi connectivity index (χ2n) is 6.11. The minimum absolute atomic E-state index is 0.0148. The van der Waals surface area contributed by atoms with Crippen LogP contribution in [0.5, 0.6) is 5.75 Å². The number of likely N-dealkylation sites (N-methyl/N-ethyl adjacent to an activating group) is 1. The third-order valence-electron chi connectivity index (χ3n) is 4.03. The summed E-state index contributed by atoms with van der Waals surface area (Å²) in [7, 11) is 3.19. The van der Waals surface area contributed by atoms with Crippen molar-refractivity contribution in [3.63, 3.8) is 0 Å². The first-order valence-corrected chi connectivity index (χ1v) is 10.6. The number of para-hydroxylation sites is 1. The molecule has 8 heteroatoms. The molecule has 1 heterocycles. The van der Waals surface area contributed by atoms with E-state index >= 15 is 0 Å². The molecular weight excluding hydrogens is 394 g/mol. The fourth-order valence-corrected chi connectivity index (χ4v) is 4.53. The lowest BCUT2D eigenvalue weighted by atomic mass is 10.2. The van der Waals surface area contributed by atoms with Gasteiger partial charge in [0.15, 0.2) is 0 Å². The van der Waals surface area contributed by atoms with Crippen molar-refractivity contribution in [1.29, 1.82) is 0 Å². The third-order valence-corrected chi connectivity index (χ3v) is 6.26. The van der Waals surface area contributed by atoms with Crippen molar-refractivity contribution in [1.82, 2.24) is 4.90 Å². The number of benzene rings is 2. The quantitative estimate of drug-likeness (QED) is 0.778. The highest BCUT2D eigenvalue weighted by Crippen LogP contribution is 2.34. The number of hydrogen-bond donors (Lipinski definition) is 1. The normalized spacial score (nSPS) is 12.6. The average molecular weight is 416 g/mol. The number of anilines is 1. The number of rotatable bonds is 6.